The van der Waals surface area contributed by atoms with Crippen molar-refractivity contribution in [1.29, 1.82) is 0 Å². The van der Waals surface area contributed by atoms with Crippen molar-refractivity contribution >= 4 is 69.3 Å². The summed E-state index contributed by atoms with van der Waals surface area (Å²) < 4.78 is 38.1. The summed E-state index contributed by atoms with van der Waals surface area (Å²) in [6.45, 7) is 3.28. The van der Waals surface area contributed by atoms with Crippen molar-refractivity contribution < 1.29 is 37.7 Å². The molecule has 0 unspecified atom stereocenters. The van der Waals surface area contributed by atoms with Gasteiger partial charge in [-0.1, -0.05) is 40.2 Å². The summed E-state index contributed by atoms with van der Waals surface area (Å²) in [4.78, 5) is 40.7. The fraction of sp³-hybridized carbons (Fsp3) is 0.391. The third-order valence-corrected chi connectivity index (χ3v) is 7.82. The van der Waals surface area contributed by atoms with Gasteiger partial charge in [0.25, 0.3) is 0 Å². The van der Waals surface area contributed by atoms with Crippen molar-refractivity contribution in [1.82, 2.24) is 20.0 Å². The maximum atomic E-state index is 14.1. The van der Waals surface area contributed by atoms with Crippen molar-refractivity contribution in [2.24, 2.45) is 0 Å². The van der Waals surface area contributed by atoms with Crippen LogP contribution in [-0.2, 0) is 33.3 Å². The molecule has 1 saturated heterocycles. The van der Waals surface area contributed by atoms with Gasteiger partial charge in [0.05, 0.1) is 16.2 Å². The Kier molecular flexibility index (Phi) is 9.51. The van der Waals surface area contributed by atoms with Crippen LogP contribution in [0.3, 0.4) is 0 Å². The fourth-order valence-electron chi connectivity index (χ4n) is 3.96. The first kappa shape index (κ1) is 30.0. The first-order valence-corrected chi connectivity index (χ1v) is 14.0. The summed E-state index contributed by atoms with van der Waals surface area (Å²) in [6, 6.07) is 1.63. The van der Waals surface area contributed by atoms with Crippen LogP contribution in [-0.4, -0.2) is 68.2 Å². The molecule has 1 aromatic carbocycles. The highest BCUT2D eigenvalue weighted by Gasteiger charge is 2.52. The van der Waals surface area contributed by atoms with E-state index in [4.69, 9.17) is 47.9 Å². The van der Waals surface area contributed by atoms with Crippen LogP contribution in [0.25, 0.3) is 11.4 Å². The largest absolute Gasteiger partial charge is 0.463 e. The van der Waals surface area contributed by atoms with Crippen LogP contribution in [0.1, 0.15) is 26.8 Å². The predicted molar refractivity (Wildman–Crippen MR) is 143 cm³/mol. The molecule has 0 aliphatic carbocycles. The van der Waals surface area contributed by atoms with Crippen LogP contribution >= 0.6 is 46.3 Å². The number of hydrogen-bond acceptors (Lipinski definition) is 13. The number of ether oxygens (including phenoxy) is 4. The molecule has 0 bridgehead atoms. The van der Waals surface area contributed by atoms with Crippen LogP contribution in [0.5, 0.6) is 0 Å². The maximum absolute atomic E-state index is 14.1. The van der Waals surface area contributed by atoms with Crippen LogP contribution in [0.2, 0.25) is 10.0 Å². The third-order valence-electron chi connectivity index (χ3n) is 5.48. The summed E-state index contributed by atoms with van der Waals surface area (Å²) in [5, 5.41) is 9.89. The predicted octanol–water partition coefficient (Wildman–Crippen LogP) is 3.91. The average molecular weight is 634 g/mol. The Morgan fingerprint density at radius 1 is 1.10 bits per heavy atom. The minimum atomic E-state index is -1.16. The first-order valence-electron chi connectivity index (χ1n) is 11.5. The lowest BCUT2D eigenvalue weighted by Gasteiger charge is -2.44. The number of carbonyl (C=O) groups excluding carboxylic acids is 3. The molecular formula is C23H22Cl2FN5O7S2. The third kappa shape index (κ3) is 7.01. The van der Waals surface area contributed by atoms with Gasteiger partial charge in [0.2, 0.25) is 0 Å². The molecule has 5 atom stereocenters. The van der Waals surface area contributed by atoms with E-state index in [1.165, 1.54) is 55.1 Å². The fourth-order valence-corrected chi connectivity index (χ4v) is 6.32. The number of thiazole rings is 1. The van der Waals surface area contributed by atoms with Crippen molar-refractivity contribution in [3.63, 3.8) is 0 Å². The molecule has 2 aromatic heterocycles. The van der Waals surface area contributed by atoms with Gasteiger partial charge in [-0.25, -0.2) is 14.1 Å². The smallest absolute Gasteiger partial charge is 0.303 e. The summed E-state index contributed by atoms with van der Waals surface area (Å²) in [6.07, 6.45) is -1.84. The number of nitrogen functional groups attached to an aromatic ring is 1. The Hall–Kier alpha value is -2.98. The molecule has 1 fully saturated rings. The van der Waals surface area contributed by atoms with Crippen LogP contribution in [0, 0.1) is 5.82 Å². The van der Waals surface area contributed by atoms with E-state index in [0.29, 0.717) is 21.4 Å². The number of carbonyl (C=O) groups is 3. The number of hydrogen-bond donors (Lipinski definition) is 1. The van der Waals surface area contributed by atoms with Gasteiger partial charge in [-0.3, -0.25) is 14.4 Å². The molecule has 1 aliphatic rings. The number of rotatable bonds is 8. The standard InChI is InChI=1S/C23H22Cl2FN5O7S2/c1-9(32)35-7-17-20(36-10(2)33)19(31-6-15(29-30-31)16-8-39-23(27)28-16)21(37-11(3)34)22(38-17)40-12-4-13(24)18(26)14(25)5-12/h4-6,8,17,19-22H,7H2,1-3H3,(H2,27,28)/t17-,19+,20+,21-,22-/m1/s1. The molecule has 12 nitrogen and oxygen atoms in total. The van der Waals surface area contributed by atoms with E-state index >= 15 is 0 Å². The zero-order valence-corrected chi connectivity index (χ0v) is 24.2. The van der Waals surface area contributed by atoms with Crippen LogP contribution in [0.15, 0.2) is 28.6 Å². The van der Waals surface area contributed by atoms with Crippen molar-refractivity contribution in [2.75, 3.05) is 12.3 Å². The molecule has 0 saturated carbocycles. The van der Waals surface area contributed by atoms with E-state index in [2.05, 4.69) is 15.3 Å². The van der Waals surface area contributed by atoms with E-state index in [1.807, 2.05) is 0 Å². The number of benzene rings is 1. The molecule has 4 rings (SSSR count). The van der Waals surface area contributed by atoms with E-state index in [9.17, 15) is 18.8 Å². The highest BCUT2D eigenvalue weighted by Crippen LogP contribution is 2.43. The molecule has 214 valence electrons. The lowest BCUT2D eigenvalue weighted by Crippen LogP contribution is -2.57. The number of thioether (sulfide) groups is 1. The molecule has 3 aromatic rings. The minimum Gasteiger partial charge on any atom is -0.463 e. The van der Waals surface area contributed by atoms with E-state index in [-0.39, 0.29) is 16.7 Å². The highest BCUT2D eigenvalue weighted by molar-refractivity contribution is 7.99. The second-order valence-corrected chi connectivity index (χ2v) is 11.3. The Balaban J connectivity index is 1.80. The second-order valence-electron chi connectivity index (χ2n) is 8.46. The summed E-state index contributed by atoms with van der Waals surface area (Å²) in [7, 11) is 0. The van der Waals surface area contributed by atoms with Gasteiger partial charge >= 0.3 is 17.9 Å². The van der Waals surface area contributed by atoms with Gasteiger partial charge in [0.1, 0.15) is 35.6 Å². The number of halogens is 3. The Morgan fingerprint density at radius 2 is 1.75 bits per heavy atom. The Labute approximate surface area is 245 Å². The molecule has 1 aliphatic heterocycles. The van der Waals surface area contributed by atoms with Crippen LogP contribution < -0.4 is 5.73 Å². The van der Waals surface area contributed by atoms with Gasteiger partial charge < -0.3 is 24.7 Å². The number of esters is 3. The van der Waals surface area contributed by atoms with Crippen LogP contribution in [0.4, 0.5) is 9.52 Å². The van der Waals surface area contributed by atoms with Crippen molar-refractivity contribution in [3.8, 4) is 11.4 Å². The minimum absolute atomic E-state index is 0.232. The number of nitrogens with zero attached hydrogens (tertiary/aromatic N) is 4. The molecular weight excluding hydrogens is 612 g/mol. The quantitative estimate of drug-likeness (QED) is 0.217. The van der Waals surface area contributed by atoms with Gasteiger partial charge in [-0.2, -0.15) is 0 Å². The summed E-state index contributed by atoms with van der Waals surface area (Å²) in [5.74, 6) is -2.75. The molecule has 0 spiro atoms. The Morgan fingerprint density at radius 3 is 2.33 bits per heavy atom. The Bertz CT molecular complexity index is 1400. The molecule has 2 N–H and O–H groups in total. The molecule has 0 radical (unpaired) electrons. The second kappa shape index (κ2) is 12.7. The van der Waals surface area contributed by atoms with Gasteiger partial charge in [-0.15, -0.1) is 16.4 Å². The zero-order chi connectivity index (χ0) is 29.1. The first-order chi connectivity index (χ1) is 18.9. The van der Waals surface area contributed by atoms with E-state index in [0.717, 1.165) is 11.8 Å². The molecule has 40 heavy (non-hydrogen) atoms. The van der Waals surface area contributed by atoms with E-state index in [1.54, 1.807) is 5.38 Å². The number of nitrogens with two attached hydrogens (primary N) is 1. The van der Waals surface area contributed by atoms with Crippen molar-refractivity contribution in [3.05, 3.63) is 39.6 Å². The van der Waals surface area contributed by atoms with E-state index < -0.39 is 53.5 Å². The topological polar surface area (TPSA) is 158 Å². The van der Waals surface area contributed by atoms with Gasteiger partial charge in [0, 0.05) is 31.0 Å². The summed E-state index contributed by atoms with van der Waals surface area (Å²) in [5.41, 5.74) is 5.52. The lowest BCUT2D eigenvalue weighted by atomic mass is 9.96. The number of aromatic nitrogens is 4. The maximum Gasteiger partial charge on any atom is 0.303 e. The van der Waals surface area contributed by atoms with Gasteiger partial charge in [-0.05, 0) is 12.1 Å². The average Bonchev–Trinajstić information content (AvgIpc) is 3.51. The highest BCUT2D eigenvalue weighted by atomic mass is 35.5. The molecule has 0 amide bonds. The lowest BCUT2D eigenvalue weighted by molar-refractivity contribution is -0.212. The summed E-state index contributed by atoms with van der Waals surface area (Å²) >= 11 is 14.2. The zero-order valence-electron chi connectivity index (χ0n) is 21.1. The molecule has 3 heterocycles. The van der Waals surface area contributed by atoms with Gasteiger partial charge in [0.15, 0.2) is 23.2 Å². The number of anilines is 1. The van der Waals surface area contributed by atoms with Crippen molar-refractivity contribution in [2.45, 2.75) is 55.5 Å². The molecule has 17 heteroatoms. The normalized spacial score (nSPS) is 22.5. The SMILES string of the molecule is CC(=O)OC[C@H]1O[C@H](Sc2cc(Cl)c(F)c(Cl)c2)[C@H](OC(C)=O)[C@@H](n2cc(-c3csc(N)n3)nn2)[C@H]1OC(C)=O. The monoisotopic (exact) mass is 633 g/mol.